The standard InChI is InChI=1S/C15H28N2OS/c1-11(17-15(8-9-15)14(16)18)10-12(2)19-13-6-4-3-5-7-13/h11-13,17H,3-10H2,1-2H3,(H2,16,18). The number of carbonyl (C=O) groups is 1. The van der Waals surface area contributed by atoms with Crippen molar-refractivity contribution in [3.8, 4) is 0 Å². The van der Waals surface area contributed by atoms with E-state index in [1.165, 1.54) is 32.1 Å². The summed E-state index contributed by atoms with van der Waals surface area (Å²) in [6.45, 7) is 4.50. The van der Waals surface area contributed by atoms with E-state index in [9.17, 15) is 4.79 Å². The molecule has 4 heteroatoms. The molecule has 2 unspecified atom stereocenters. The molecule has 2 aliphatic rings. The van der Waals surface area contributed by atoms with Crippen LogP contribution < -0.4 is 11.1 Å². The van der Waals surface area contributed by atoms with E-state index in [0.717, 1.165) is 24.5 Å². The molecular formula is C15H28N2OS. The highest BCUT2D eigenvalue weighted by atomic mass is 32.2. The van der Waals surface area contributed by atoms with Gasteiger partial charge in [-0.15, -0.1) is 0 Å². The second-order valence-electron chi connectivity index (χ2n) is 6.43. The van der Waals surface area contributed by atoms with Crippen molar-refractivity contribution < 1.29 is 4.79 Å². The summed E-state index contributed by atoms with van der Waals surface area (Å²) >= 11 is 2.15. The molecule has 0 spiro atoms. The molecule has 3 nitrogen and oxygen atoms in total. The van der Waals surface area contributed by atoms with Gasteiger partial charge < -0.3 is 11.1 Å². The van der Waals surface area contributed by atoms with Crippen LogP contribution in [0.1, 0.15) is 65.2 Å². The van der Waals surface area contributed by atoms with Crippen molar-refractivity contribution in [2.24, 2.45) is 5.73 Å². The van der Waals surface area contributed by atoms with Crippen molar-refractivity contribution in [1.29, 1.82) is 0 Å². The zero-order valence-corrected chi connectivity index (χ0v) is 13.1. The summed E-state index contributed by atoms with van der Waals surface area (Å²) < 4.78 is 0. The minimum absolute atomic E-state index is 0.174. The van der Waals surface area contributed by atoms with Crippen LogP contribution in [0.5, 0.6) is 0 Å². The molecule has 0 heterocycles. The molecule has 0 bridgehead atoms. The van der Waals surface area contributed by atoms with Gasteiger partial charge in [0.05, 0.1) is 5.54 Å². The van der Waals surface area contributed by atoms with Gasteiger partial charge in [-0.2, -0.15) is 11.8 Å². The predicted molar refractivity (Wildman–Crippen MR) is 82.3 cm³/mol. The van der Waals surface area contributed by atoms with E-state index in [1.54, 1.807) is 0 Å². The lowest BCUT2D eigenvalue weighted by molar-refractivity contribution is -0.121. The molecule has 0 aromatic heterocycles. The fourth-order valence-corrected chi connectivity index (χ4v) is 4.86. The summed E-state index contributed by atoms with van der Waals surface area (Å²) in [5.41, 5.74) is 5.09. The Morgan fingerprint density at radius 1 is 1.32 bits per heavy atom. The molecule has 19 heavy (non-hydrogen) atoms. The fraction of sp³-hybridized carbons (Fsp3) is 0.933. The number of primary amides is 1. The van der Waals surface area contributed by atoms with Crippen molar-refractivity contribution >= 4 is 17.7 Å². The second kappa shape index (κ2) is 6.49. The number of nitrogens with one attached hydrogen (secondary N) is 1. The van der Waals surface area contributed by atoms with Crippen molar-refractivity contribution in [3.63, 3.8) is 0 Å². The number of thioether (sulfide) groups is 1. The lowest BCUT2D eigenvalue weighted by atomic mass is 10.0. The molecule has 2 fully saturated rings. The smallest absolute Gasteiger partial charge is 0.237 e. The van der Waals surface area contributed by atoms with Gasteiger partial charge in [0.15, 0.2) is 0 Å². The first-order chi connectivity index (χ1) is 9.02. The van der Waals surface area contributed by atoms with E-state index >= 15 is 0 Å². The normalized spacial score (nSPS) is 25.8. The van der Waals surface area contributed by atoms with E-state index in [2.05, 4.69) is 30.9 Å². The van der Waals surface area contributed by atoms with Crippen molar-refractivity contribution in [3.05, 3.63) is 0 Å². The zero-order chi connectivity index (χ0) is 13.9. The molecule has 0 radical (unpaired) electrons. The lowest BCUT2D eigenvalue weighted by Gasteiger charge is -2.27. The number of hydrogen-bond donors (Lipinski definition) is 2. The summed E-state index contributed by atoms with van der Waals surface area (Å²) in [4.78, 5) is 11.4. The van der Waals surface area contributed by atoms with Gasteiger partial charge in [-0.3, -0.25) is 4.79 Å². The third-order valence-corrected chi connectivity index (χ3v) is 5.92. The molecule has 110 valence electrons. The van der Waals surface area contributed by atoms with Gasteiger partial charge in [-0.1, -0.05) is 26.2 Å². The maximum atomic E-state index is 11.4. The number of carbonyl (C=O) groups excluding carboxylic acids is 1. The van der Waals surface area contributed by atoms with Crippen molar-refractivity contribution in [2.75, 3.05) is 0 Å². The highest BCUT2D eigenvalue weighted by molar-refractivity contribution is 8.00. The Morgan fingerprint density at radius 3 is 2.47 bits per heavy atom. The summed E-state index contributed by atoms with van der Waals surface area (Å²) in [5, 5.41) is 4.97. The Kier molecular flexibility index (Phi) is 5.18. The van der Waals surface area contributed by atoms with Gasteiger partial charge in [-0.05, 0) is 39.0 Å². The number of hydrogen-bond acceptors (Lipinski definition) is 3. The average molecular weight is 284 g/mol. The van der Waals surface area contributed by atoms with Crippen LogP contribution in [0, 0.1) is 0 Å². The van der Waals surface area contributed by atoms with Gasteiger partial charge in [0.2, 0.25) is 5.91 Å². The first kappa shape index (κ1) is 15.2. The zero-order valence-electron chi connectivity index (χ0n) is 12.3. The van der Waals surface area contributed by atoms with Gasteiger partial charge in [0.25, 0.3) is 0 Å². The number of rotatable bonds is 7. The Bertz CT molecular complexity index is 311. The maximum Gasteiger partial charge on any atom is 0.237 e. The van der Waals surface area contributed by atoms with Gasteiger partial charge in [0, 0.05) is 16.5 Å². The van der Waals surface area contributed by atoms with E-state index in [1.807, 2.05) is 0 Å². The summed E-state index contributed by atoms with van der Waals surface area (Å²) in [6.07, 6.45) is 9.96. The molecule has 3 N–H and O–H groups in total. The first-order valence-electron chi connectivity index (χ1n) is 7.75. The lowest BCUT2D eigenvalue weighted by Crippen LogP contribution is -2.48. The molecular weight excluding hydrogens is 256 g/mol. The Balaban J connectivity index is 1.69. The third-order valence-electron chi connectivity index (χ3n) is 4.41. The molecule has 1 amide bonds. The quantitative estimate of drug-likeness (QED) is 0.756. The SMILES string of the molecule is CC(CC(C)SC1CCCCC1)NC1(C(N)=O)CC1. The molecule has 0 aromatic carbocycles. The Labute approximate surface area is 121 Å². The first-order valence-corrected chi connectivity index (χ1v) is 8.69. The molecule has 0 aliphatic heterocycles. The molecule has 2 rings (SSSR count). The highest BCUT2D eigenvalue weighted by Gasteiger charge is 2.49. The van der Waals surface area contributed by atoms with Crippen molar-refractivity contribution in [1.82, 2.24) is 5.32 Å². The second-order valence-corrected chi connectivity index (χ2v) is 8.18. The van der Waals surface area contributed by atoms with Crippen LogP contribution in [0.25, 0.3) is 0 Å². The van der Waals surface area contributed by atoms with Crippen LogP contribution in [0.3, 0.4) is 0 Å². The predicted octanol–water partition coefficient (Wildman–Crippen LogP) is 2.83. The minimum Gasteiger partial charge on any atom is -0.368 e. The van der Waals surface area contributed by atoms with Crippen LogP contribution in [0.2, 0.25) is 0 Å². The van der Waals surface area contributed by atoms with Crippen LogP contribution >= 0.6 is 11.8 Å². The van der Waals surface area contributed by atoms with Gasteiger partial charge in [0.1, 0.15) is 0 Å². The van der Waals surface area contributed by atoms with E-state index in [4.69, 9.17) is 5.73 Å². The molecule has 2 aliphatic carbocycles. The van der Waals surface area contributed by atoms with Gasteiger partial charge in [-0.25, -0.2) is 0 Å². The highest BCUT2D eigenvalue weighted by Crippen LogP contribution is 2.37. The largest absolute Gasteiger partial charge is 0.368 e. The maximum absolute atomic E-state index is 11.4. The number of amides is 1. The van der Waals surface area contributed by atoms with Crippen molar-refractivity contribution in [2.45, 2.75) is 87.3 Å². The summed E-state index contributed by atoms with van der Waals surface area (Å²) in [7, 11) is 0. The topological polar surface area (TPSA) is 55.1 Å². The summed E-state index contributed by atoms with van der Waals surface area (Å²) in [6, 6.07) is 0.376. The summed E-state index contributed by atoms with van der Waals surface area (Å²) in [5.74, 6) is -0.174. The van der Waals surface area contributed by atoms with E-state index in [-0.39, 0.29) is 11.4 Å². The van der Waals surface area contributed by atoms with Crippen LogP contribution in [0.4, 0.5) is 0 Å². The fourth-order valence-electron chi connectivity index (χ4n) is 3.20. The molecule has 2 atom stereocenters. The number of nitrogens with two attached hydrogens (primary N) is 1. The molecule has 0 aromatic rings. The van der Waals surface area contributed by atoms with Crippen LogP contribution in [-0.2, 0) is 4.79 Å². The Morgan fingerprint density at radius 2 is 1.95 bits per heavy atom. The molecule has 0 saturated heterocycles. The van der Waals surface area contributed by atoms with Crippen LogP contribution in [-0.4, -0.2) is 28.0 Å². The van der Waals surface area contributed by atoms with E-state index < -0.39 is 0 Å². The van der Waals surface area contributed by atoms with Crippen LogP contribution in [0.15, 0.2) is 0 Å². The monoisotopic (exact) mass is 284 g/mol. The average Bonchev–Trinajstić information content (AvgIpc) is 3.10. The molecule has 2 saturated carbocycles. The van der Waals surface area contributed by atoms with Gasteiger partial charge >= 0.3 is 0 Å². The van der Waals surface area contributed by atoms with E-state index in [0.29, 0.717) is 11.3 Å². The third kappa shape index (κ3) is 4.38. The minimum atomic E-state index is -0.366. The Hall–Kier alpha value is -0.220.